The molecule has 0 aromatic carbocycles. The van der Waals surface area contributed by atoms with Crippen LogP contribution in [0.1, 0.15) is 0 Å². The fourth-order valence-corrected chi connectivity index (χ4v) is 1.98. The number of hydrogen-bond donors (Lipinski definition) is 1. The third-order valence-corrected chi connectivity index (χ3v) is 2.89. The molecule has 1 aliphatic rings. The molecule has 3 heterocycles. The average Bonchev–Trinajstić information content (AvgIpc) is 2.93. The van der Waals surface area contributed by atoms with E-state index in [9.17, 15) is 0 Å². The van der Waals surface area contributed by atoms with Crippen LogP contribution in [0.15, 0.2) is 18.7 Å². The number of nitrogens with zero attached hydrogens (tertiary/aromatic N) is 6. The van der Waals surface area contributed by atoms with Gasteiger partial charge in [-0.3, -0.25) is 4.57 Å². The monoisotopic (exact) mass is 265 g/mol. The van der Waals surface area contributed by atoms with Crippen LogP contribution in [-0.2, 0) is 0 Å². The van der Waals surface area contributed by atoms with Crippen LogP contribution in [0.3, 0.4) is 0 Å². The van der Waals surface area contributed by atoms with Gasteiger partial charge >= 0.3 is 0 Å². The number of anilines is 1. The van der Waals surface area contributed by atoms with Gasteiger partial charge in [0.05, 0.1) is 0 Å². The molecule has 0 bridgehead atoms. The molecule has 1 fully saturated rings. The zero-order valence-corrected chi connectivity index (χ0v) is 10.4. The smallest absolute Gasteiger partial charge is 0.241 e. The van der Waals surface area contributed by atoms with Gasteiger partial charge in [0.15, 0.2) is 0 Å². The van der Waals surface area contributed by atoms with Gasteiger partial charge in [-0.1, -0.05) is 0 Å². The Morgan fingerprint density at radius 3 is 2.61 bits per heavy atom. The molecule has 18 heavy (non-hydrogen) atoms. The van der Waals surface area contributed by atoms with Crippen LogP contribution in [0.2, 0.25) is 5.28 Å². The van der Waals surface area contributed by atoms with Crippen molar-refractivity contribution in [1.82, 2.24) is 29.8 Å². The first kappa shape index (κ1) is 11.4. The SMILES string of the molecule is Clc1nc(N2CCNCC2)nc(-n2ccnc2)n1. The molecule has 0 saturated carbocycles. The molecule has 94 valence electrons. The lowest BCUT2D eigenvalue weighted by molar-refractivity contribution is 0.578. The second-order valence-corrected chi connectivity index (χ2v) is 4.25. The second kappa shape index (κ2) is 4.87. The highest BCUT2D eigenvalue weighted by molar-refractivity contribution is 6.28. The van der Waals surface area contributed by atoms with Gasteiger partial charge in [0.25, 0.3) is 0 Å². The molecule has 1 saturated heterocycles. The molecule has 0 amide bonds. The van der Waals surface area contributed by atoms with E-state index in [1.165, 1.54) is 0 Å². The van der Waals surface area contributed by atoms with Gasteiger partial charge in [0, 0.05) is 38.6 Å². The summed E-state index contributed by atoms with van der Waals surface area (Å²) >= 11 is 5.95. The molecule has 0 unspecified atom stereocenters. The highest BCUT2D eigenvalue weighted by Gasteiger charge is 2.15. The van der Waals surface area contributed by atoms with Crippen molar-refractivity contribution >= 4 is 17.5 Å². The molecule has 2 aromatic rings. The van der Waals surface area contributed by atoms with E-state index in [1.54, 1.807) is 23.3 Å². The Kier molecular flexibility index (Phi) is 3.07. The molecule has 8 heteroatoms. The van der Waals surface area contributed by atoms with Crippen molar-refractivity contribution in [2.24, 2.45) is 0 Å². The highest BCUT2D eigenvalue weighted by atomic mass is 35.5. The van der Waals surface area contributed by atoms with Crippen molar-refractivity contribution in [1.29, 1.82) is 0 Å². The summed E-state index contributed by atoms with van der Waals surface area (Å²) in [5, 5.41) is 3.48. The predicted molar refractivity (Wildman–Crippen MR) is 67.0 cm³/mol. The summed E-state index contributed by atoms with van der Waals surface area (Å²) in [6.07, 6.45) is 5.07. The lowest BCUT2D eigenvalue weighted by Gasteiger charge is -2.27. The number of hydrogen-bond acceptors (Lipinski definition) is 6. The Balaban J connectivity index is 1.95. The number of imidazole rings is 1. The molecule has 0 radical (unpaired) electrons. The van der Waals surface area contributed by atoms with E-state index < -0.39 is 0 Å². The third-order valence-electron chi connectivity index (χ3n) is 2.72. The Morgan fingerprint density at radius 1 is 1.11 bits per heavy atom. The van der Waals surface area contributed by atoms with E-state index >= 15 is 0 Å². The standard InChI is InChI=1S/C10H12ClN7/c11-8-14-9(17-4-1-12-2-5-17)16-10(15-8)18-6-3-13-7-18/h3,6-7,12H,1-2,4-5H2. The maximum absolute atomic E-state index is 5.95. The van der Waals surface area contributed by atoms with Gasteiger partial charge in [0.2, 0.25) is 17.2 Å². The normalized spacial score (nSPS) is 15.9. The summed E-state index contributed by atoms with van der Waals surface area (Å²) < 4.78 is 1.71. The van der Waals surface area contributed by atoms with Gasteiger partial charge < -0.3 is 10.2 Å². The number of aromatic nitrogens is 5. The molecular weight excluding hydrogens is 254 g/mol. The van der Waals surface area contributed by atoms with Crippen LogP contribution in [0.5, 0.6) is 0 Å². The van der Waals surface area contributed by atoms with Gasteiger partial charge in [-0.2, -0.15) is 15.0 Å². The lowest BCUT2D eigenvalue weighted by Crippen LogP contribution is -2.44. The Labute approximate surface area is 109 Å². The summed E-state index contributed by atoms with van der Waals surface area (Å²) in [6, 6.07) is 0. The van der Waals surface area contributed by atoms with E-state index in [0.29, 0.717) is 11.9 Å². The van der Waals surface area contributed by atoms with E-state index in [0.717, 1.165) is 26.2 Å². The van der Waals surface area contributed by atoms with Crippen molar-refractivity contribution in [3.05, 3.63) is 24.0 Å². The maximum Gasteiger partial charge on any atom is 0.241 e. The fraction of sp³-hybridized carbons (Fsp3) is 0.400. The summed E-state index contributed by atoms with van der Waals surface area (Å²) in [7, 11) is 0. The van der Waals surface area contributed by atoms with E-state index in [2.05, 4.69) is 30.2 Å². The first-order chi connectivity index (χ1) is 8.83. The van der Waals surface area contributed by atoms with Crippen molar-refractivity contribution in [3.8, 4) is 5.95 Å². The molecule has 7 nitrogen and oxygen atoms in total. The first-order valence-corrected chi connectivity index (χ1v) is 6.06. The molecule has 0 aliphatic carbocycles. The van der Waals surface area contributed by atoms with Crippen molar-refractivity contribution < 1.29 is 0 Å². The van der Waals surface area contributed by atoms with Crippen molar-refractivity contribution in [2.45, 2.75) is 0 Å². The molecule has 1 aliphatic heterocycles. The summed E-state index contributed by atoms with van der Waals surface area (Å²) in [6.45, 7) is 3.57. The largest absolute Gasteiger partial charge is 0.338 e. The van der Waals surface area contributed by atoms with Crippen LogP contribution in [0, 0.1) is 0 Å². The van der Waals surface area contributed by atoms with Gasteiger partial charge in [-0.15, -0.1) is 0 Å². The zero-order chi connectivity index (χ0) is 12.4. The zero-order valence-electron chi connectivity index (χ0n) is 9.62. The Hall–Kier alpha value is -1.73. The van der Waals surface area contributed by atoms with Crippen LogP contribution < -0.4 is 10.2 Å². The summed E-state index contributed by atoms with van der Waals surface area (Å²) in [5.74, 6) is 1.10. The maximum atomic E-state index is 5.95. The molecule has 0 spiro atoms. The van der Waals surface area contributed by atoms with Gasteiger partial charge in [-0.25, -0.2) is 4.98 Å². The van der Waals surface area contributed by atoms with Crippen LogP contribution in [0.25, 0.3) is 5.95 Å². The van der Waals surface area contributed by atoms with Crippen molar-refractivity contribution in [2.75, 3.05) is 31.1 Å². The highest BCUT2D eigenvalue weighted by Crippen LogP contribution is 2.13. The van der Waals surface area contributed by atoms with Crippen molar-refractivity contribution in [3.63, 3.8) is 0 Å². The molecule has 2 aromatic heterocycles. The average molecular weight is 266 g/mol. The van der Waals surface area contributed by atoms with Crippen LogP contribution in [0.4, 0.5) is 5.95 Å². The quantitative estimate of drug-likeness (QED) is 0.832. The van der Waals surface area contributed by atoms with E-state index in [1.807, 2.05) is 0 Å². The number of halogens is 1. The topological polar surface area (TPSA) is 71.8 Å². The lowest BCUT2D eigenvalue weighted by atomic mass is 10.4. The number of rotatable bonds is 2. The minimum Gasteiger partial charge on any atom is -0.338 e. The van der Waals surface area contributed by atoms with Crippen LogP contribution in [-0.4, -0.2) is 50.7 Å². The van der Waals surface area contributed by atoms with Gasteiger partial charge in [0.1, 0.15) is 6.33 Å². The predicted octanol–water partition coefficient (Wildman–Crippen LogP) is 0.120. The minimum absolute atomic E-state index is 0.197. The van der Waals surface area contributed by atoms with E-state index in [4.69, 9.17) is 11.6 Å². The molecule has 1 N–H and O–H groups in total. The molecular formula is C10H12ClN7. The number of nitrogens with one attached hydrogen (secondary N) is 1. The number of piperazine rings is 1. The second-order valence-electron chi connectivity index (χ2n) is 3.91. The molecule has 0 atom stereocenters. The van der Waals surface area contributed by atoms with E-state index in [-0.39, 0.29) is 5.28 Å². The Bertz CT molecular complexity index is 521. The summed E-state index contributed by atoms with van der Waals surface area (Å²) in [4.78, 5) is 18.7. The Morgan fingerprint density at radius 2 is 1.89 bits per heavy atom. The summed E-state index contributed by atoms with van der Waals surface area (Å²) in [5.41, 5.74) is 0. The third kappa shape index (κ3) is 2.27. The van der Waals surface area contributed by atoms with Gasteiger partial charge in [-0.05, 0) is 11.6 Å². The molecule has 3 rings (SSSR count). The minimum atomic E-state index is 0.197. The first-order valence-electron chi connectivity index (χ1n) is 5.68. The fourth-order valence-electron chi connectivity index (χ4n) is 1.83. The van der Waals surface area contributed by atoms with Crippen LogP contribution >= 0.6 is 11.6 Å².